The van der Waals surface area contributed by atoms with Crippen LogP contribution in [-0.2, 0) is 11.2 Å². The third kappa shape index (κ3) is 6.23. The fourth-order valence-electron chi connectivity index (χ4n) is 3.85. The lowest BCUT2D eigenvalue weighted by Gasteiger charge is -2.32. The van der Waals surface area contributed by atoms with Crippen molar-refractivity contribution >= 4 is 11.8 Å². The second-order valence-electron chi connectivity index (χ2n) is 8.10. The van der Waals surface area contributed by atoms with E-state index in [0.29, 0.717) is 49.0 Å². The second-order valence-corrected chi connectivity index (χ2v) is 8.10. The van der Waals surface area contributed by atoms with E-state index in [1.165, 1.54) is 11.1 Å². The summed E-state index contributed by atoms with van der Waals surface area (Å²) in [6.45, 7) is 4.11. The smallest absolute Gasteiger partial charge is 0.253 e. The van der Waals surface area contributed by atoms with E-state index in [1.807, 2.05) is 4.90 Å². The second kappa shape index (κ2) is 10.8. The molecule has 3 rings (SSSR count). The predicted molar refractivity (Wildman–Crippen MR) is 121 cm³/mol. The monoisotopic (exact) mass is 424 g/mol. The first kappa shape index (κ1) is 22.7. The minimum absolute atomic E-state index is 0.00142. The zero-order valence-corrected chi connectivity index (χ0v) is 18.6. The van der Waals surface area contributed by atoms with Crippen LogP contribution >= 0.6 is 0 Å². The Bertz CT molecular complexity index is 887. The topological polar surface area (TPSA) is 67.9 Å². The normalized spacial score (nSPS) is 14.2. The minimum atomic E-state index is 0.00142. The molecule has 0 unspecified atom stereocenters. The van der Waals surface area contributed by atoms with Crippen LogP contribution in [-0.4, -0.2) is 50.6 Å². The van der Waals surface area contributed by atoms with E-state index in [0.717, 1.165) is 19.3 Å². The maximum atomic E-state index is 12.8. The zero-order chi connectivity index (χ0) is 22.2. The number of aryl methyl sites for hydroxylation is 2. The molecule has 0 aliphatic carbocycles. The number of amides is 2. The van der Waals surface area contributed by atoms with Crippen molar-refractivity contribution in [3.05, 3.63) is 59.2 Å². The van der Waals surface area contributed by atoms with Crippen LogP contribution in [0.5, 0.6) is 11.5 Å². The molecule has 2 aromatic carbocycles. The Labute approximate surface area is 184 Å². The minimum Gasteiger partial charge on any atom is -0.493 e. The van der Waals surface area contributed by atoms with Gasteiger partial charge in [0.1, 0.15) is 0 Å². The van der Waals surface area contributed by atoms with E-state index in [9.17, 15) is 9.59 Å². The molecule has 1 heterocycles. The van der Waals surface area contributed by atoms with Crippen LogP contribution in [0.1, 0.15) is 40.7 Å². The van der Waals surface area contributed by atoms with E-state index in [1.54, 1.807) is 32.4 Å². The van der Waals surface area contributed by atoms with Crippen molar-refractivity contribution in [1.29, 1.82) is 0 Å². The molecule has 166 valence electrons. The van der Waals surface area contributed by atoms with Gasteiger partial charge < -0.3 is 19.7 Å². The van der Waals surface area contributed by atoms with Crippen LogP contribution in [0.2, 0.25) is 0 Å². The van der Waals surface area contributed by atoms with Crippen molar-refractivity contribution in [2.45, 2.75) is 32.6 Å². The average Bonchev–Trinajstić information content (AvgIpc) is 2.81. The molecule has 0 atom stereocenters. The Morgan fingerprint density at radius 3 is 2.32 bits per heavy atom. The molecule has 2 amide bonds. The fraction of sp³-hybridized carbons (Fsp3) is 0.440. The van der Waals surface area contributed by atoms with Gasteiger partial charge in [-0.15, -0.1) is 0 Å². The SMILES string of the molecule is COc1ccc(C(=O)N2CCC(CNC(=O)CCc3ccc(C)cc3)CC2)cc1OC. The first-order valence-electron chi connectivity index (χ1n) is 10.8. The predicted octanol–water partition coefficient (Wildman–Crippen LogP) is 3.61. The van der Waals surface area contributed by atoms with E-state index in [4.69, 9.17) is 9.47 Å². The lowest BCUT2D eigenvalue weighted by Crippen LogP contribution is -2.41. The third-order valence-electron chi connectivity index (χ3n) is 5.88. The van der Waals surface area contributed by atoms with Gasteiger partial charge in [0.05, 0.1) is 14.2 Å². The van der Waals surface area contributed by atoms with E-state index in [2.05, 4.69) is 36.5 Å². The van der Waals surface area contributed by atoms with Crippen LogP contribution in [0, 0.1) is 12.8 Å². The maximum Gasteiger partial charge on any atom is 0.253 e. The zero-order valence-electron chi connectivity index (χ0n) is 18.6. The van der Waals surface area contributed by atoms with Gasteiger partial charge in [0, 0.05) is 31.6 Å². The highest BCUT2D eigenvalue weighted by molar-refractivity contribution is 5.95. The summed E-state index contributed by atoms with van der Waals surface area (Å²) in [4.78, 5) is 26.9. The highest BCUT2D eigenvalue weighted by Crippen LogP contribution is 2.28. The molecule has 1 saturated heterocycles. The van der Waals surface area contributed by atoms with Crippen LogP contribution in [0.15, 0.2) is 42.5 Å². The number of carbonyl (C=O) groups excluding carboxylic acids is 2. The van der Waals surface area contributed by atoms with Crippen LogP contribution in [0.25, 0.3) is 0 Å². The number of carbonyl (C=O) groups is 2. The highest BCUT2D eigenvalue weighted by Gasteiger charge is 2.24. The van der Waals surface area contributed by atoms with Gasteiger partial charge in [-0.2, -0.15) is 0 Å². The molecule has 1 fully saturated rings. The Morgan fingerprint density at radius 2 is 1.68 bits per heavy atom. The van der Waals surface area contributed by atoms with Crippen LogP contribution in [0.3, 0.4) is 0 Å². The van der Waals surface area contributed by atoms with Gasteiger partial charge in [0.2, 0.25) is 5.91 Å². The quantitative estimate of drug-likeness (QED) is 0.703. The number of likely N-dealkylation sites (tertiary alicyclic amines) is 1. The summed E-state index contributed by atoms with van der Waals surface area (Å²) < 4.78 is 10.5. The maximum absolute atomic E-state index is 12.8. The number of rotatable bonds is 8. The Morgan fingerprint density at radius 1 is 1.00 bits per heavy atom. The number of benzene rings is 2. The molecule has 0 saturated carbocycles. The molecule has 1 N–H and O–H groups in total. The van der Waals surface area contributed by atoms with Gasteiger partial charge in [0.15, 0.2) is 11.5 Å². The molecule has 1 aliphatic rings. The Kier molecular flexibility index (Phi) is 7.93. The van der Waals surface area contributed by atoms with Gasteiger partial charge in [-0.1, -0.05) is 29.8 Å². The molecule has 0 aromatic heterocycles. The van der Waals surface area contributed by atoms with E-state index < -0.39 is 0 Å². The number of hydrogen-bond acceptors (Lipinski definition) is 4. The molecule has 6 heteroatoms. The number of ether oxygens (including phenoxy) is 2. The first-order valence-corrected chi connectivity index (χ1v) is 10.8. The summed E-state index contributed by atoms with van der Waals surface area (Å²) >= 11 is 0. The lowest BCUT2D eigenvalue weighted by atomic mass is 9.96. The molecule has 1 aliphatic heterocycles. The molecule has 2 aromatic rings. The van der Waals surface area contributed by atoms with Crippen LogP contribution in [0.4, 0.5) is 0 Å². The summed E-state index contributed by atoms with van der Waals surface area (Å²) in [5.74, 6) is 1.65. The number of nitrogens with zero attached hydrogens (tertiary/aromatic N) is 1. The van der Waals surface area contributed by atoms with E-state index >= 15 is 0 Å². The van der Waals surface area contributed by atoms with Gasteiger partial charge in [0.25, 0.3) is 5.91 Å². The fourth-order valence-corrected chi connectivity index (χ4v) is 3.85. The largest absolute Gasteiger partial charge is 0.493 e. The third-order valence-corrected chi connectivity index (χ3v) is 5.88. The van der Waals surface area contributed by atoms with Gasteiger partial charge in [-0.3, -0.25) is 9.59 Å². The first-order chi connectivity index (χ1) is 15.0. The van der Waals surface area contributed by atoms with Gasteiger partial charge in [-0.05, 0) is 55.9 Å². The van der Waals surface area contributed by atoms with Crippen molar-refractivity contribution in [1.82, 2.24) is 10.2 Å². The molecule has 0 spiro atoms. The summed E-state index contributed by atoms with van der Waals surface area (Å²) in [7, 11) is 3.14. The van der Waals surface area contributed by atoms with Gasteiger partial charge in [-0.25, -0.2) is 0 Å². The lowest BCUT2D eigenvalue weighted by molar-refractivity contribution is -0.121. The molecular weight excluding hydrogens is 392 g/mol. The summed E-state index contributed by atoms with van der Waals surface area (Å²) in [5.41, 5.74) is 3.01. The number of nitrogens with one attached hydrogen (secondary N) is 1. The molecular formula is C25H32N2O4. The van der Waals surface area contributed by atoms with Crippen molar-refractivity contribution in [2.75, 3.05) is 33.9 Å². The standard InChI is InChI=1S/C25H32N2O4/c1-18-4-6-19(7-5-18)8-11-24(28)26-17-20-12-14-27(15-13-20)25(29)21-9-10-22(30-2)23(16-21)31-3/h4-7,9-10,16,20H,8,11-15,17H2,1-3H3,(H,26,28). The summed E-state index contributed by atoms with van der Waals surface area (Å²) in [6.07, 6.45) is 3.03. The number of hydrogen-bond donors (Lipinski definition) is 1. The highest BCUT2D eigenvalue weighted by atomic mass is 16.5. The summed E-state index contributed by atoms with van der Waals surface area (Å²) in [5, 5.41) is 3.06. The molecule has 31 heavy (non-hydrogen) atoms. The van der Waals surface area contributed by atoms with Crippen molar-refractivity contribution in [3.63, 3.8) is 0 Å². The molecule has 0 radical (unpaired) electrons. The van der Waals surface area contributed by atoms with Gasteiger partial charge >= 0.3 is 0 Å². The average molecular weight is 425 g/mol. The van der Waals surface area contributed by atoms with E-state index in [-0.39, 0.29) is 11.8 Å². The number of piperidine rings is 1. The Balaban J connectivity index is 1.41. The molecule has 6 nitrogen and oxygen atoms in total. The van der Waals surface area contributed by atoms with Crippen molar-refractivity contribution < 1.29 is 19.1 Å². The van der Waals surface area contributed by atoms with Crippen molar-refractivity contribution in [2.24, 2.45) is 5.92 Å². The van der Waals surface area contributed by atoms with Crippen molar-refractivity contribution in [3.8, 4) is 11.5 Å². The summed E-state index contributed by atoms with van der Waals surface area (Å²) in [6, 6.07) is 13.5. The van der Waals surface area contributed by atoms with Crippen LogP contribution < -0.4 is 14.8 Å². The number of methoxy groups -OCH3 is 2. The Hall–Kier alpha value is -3.02. The molecule has 0 bridgehead atoms.